The van der Waals surface area contributed by atoms with Crippen molar-refractivity contribution in [1.82, 2.24) is 4.98 Å². The minimum absolute atomic E-state index is 1.03. The molecule has 0 radical (unpaired) electrons. The average Bonchev–Trinajstić information content (AvgIpc) is 2.96. The van der Waals surface area contributed by atoms with Crippen LogP contribution >= 0.6 is 0 Å². The van der Waals surface area contributed by atoms with E-state index in [0.717, 1.165) is 5.69 Å². The van der Waals surface area contributed by atoms with Crippen LogP contribution in [0.2, 0.25) is 0 Å². The molecule has 174 valence electrons. The van der Waals surface area contributed by atoms with Gasteiger partial charge in [0.25, 0.3) is 0 Å². The van der Waals surface area contributed by atoms with E-state index in [0.29, 0.717) is 0 Å². The first-order chi connectivity index (χ1) is 18.3. The highest BCUT2D eigenvalue weighted by molar-refractivity contribution is 6.21. The van der Waals surface area contributed by atoms with Gasteiger partial charge in [-0.1, -0.05) is 103 Å². The summed E-state index contributed by atoms with van der Waals surface area (Å²) in [5.74, 6) is 0. The smallest absolute Gasteiger partial charge is 0.0378 e. The first-order valence-electron chi connectivity index (χ1n) is 12.7. The molecule has 7 aromatic rings. The van der Waals surface area contributed by atoms with Crippen molar-refractivity contribution in [3.05, 3.63) is 139 Å². The highest BCUT2D eigenvalue weighted by Gasteiger charge is 2.16. The summed E-state index contributed by atoms with van der Waals surface area (Å²) in [6.07, 6.45) is 1.88. The molecule has 7 rings (SSSR count). The molecule has 0 fully saturated rings. The van der Waals surface area contributed by atoms with E-state index in [4.69, 9.17) is 0 Å². The Morgan fingerprint density at radius 2 is 0.892 bits per heavy atom. The SMILES string of the molecule is Cc1cc(-c2ccc3cc(-c4c5ccccc5c(-c5ccccc5)c5ccccc45)ccc3c2)ccn1. The van der Waals surface area contributed by atoms with Crippen LogP contribution in [-0.2, 0) is 0 Å². The number of hydrogen-bond donors (Lipinski definition) is 0. The van der Waals surface area contributed by atoms with Gasteiger partial charge in [0.05, 0.1) is 0 Å². The Morgan fingerprint density at radius 3 is 1.49 bits per heavy atom. The van der Waals surface area contributed by atoms with E-state index in [1.54, 1.807) is 0 Å². The molecule has 1 aromatic heterocycles. The van der Waals surface area contributed by atoms with Gasteiger partial charge in [-0.2, -0.15) is 0 Å². The van der Waals surface area contributed by atoms with Gasteiger partial charge in [0, 0.05) is 11.9 Å². The van der Waals surface area contributed by atoms with Gasteiger partial charge in [-0.3, -0.25) is 4.98 Å². The molecule has 0 atom stereocenters. The Morgan fingerprint density at radius 1 is 0.405 bits per heavy atom. The van der Waals surface area contributed by atoms with Gasteiger partial charge in [-0.05, 0) is 96.9 Å². The molecule has 0 unspecified atom stereocenters. The zero-order valence-electron chi connectivity index (χ0n) is 20.6. The fourth-order valence-corrected chi connectivity index (χ4v) is 5.66. The minimum Gasteiger partial charge on any atom is -0.262 e. The third kappa shape index (κ3) is 3.68. The van der Waals surface area contributed by atoms with Crippen molar-refractivity contribution in [3.63, 3.8) is 0 Å². The number of fused-ring (bicyclic) bond motifs is 3. The zero-order chi connectivity index (χ0) is 24.8. The zero-order valence-corrected chi connectivity index (χ0v) is 20.6. The first-order valence-corrected chi connectivity index (χ1v) is 12.7. The second kappa shape index (κ2) is 8.72. The molecule has 1 heteroatoms. The van der Waals surface area contributed by atoms with E-state index >= 15 is 0 Å². The number of nitrogens with zero attached hydrogens (tertiary/aromatic N) is 1. The van der Waals surface area contributed by atoms with E-state index in [2.05, 4.69) is 132 Å². The van der Waals surface area contributed by atoms with Crippen LogP contribution in [0.3, 0.4) is 0 Å². The summed E-state index contributed by atoms with van der Waals surface area (Å²) in [6, 6.07) is 46.3. The van der Waals surface area contributed by atoms with Crippen LogP contribution in [0.4, 0.5) is 0 Å². The molecule has 0 aliphatic heterocycles. The van der Waals surface area contributed by atoms with Crippen molar-refractivity contribution in [2.24, 2.45) is 0 Å². The van der Waals surface area contributed by atoms with E-state index in [1.807, 2.05) is 13.1 Å². The summed E-state index contributed by atoms with van der Waals surface area (Å²) >= 11 is 0. The molecule has 0 saturated carbocycles. The Hall–Kier alpha value is -4.75. The predicted molar refractivity (Wildman–Crippen MR) is 158 cm³/mol. The monoisotopic (exact) mass is 471 g/mol. The molecule has 0 saturated heterocycles. The largest absolute Gasteiger partial charge is 0.262 e. The number of benzene rings is 6. The molecule has 0 aliphatic rings. The lowest BCUT2D eigenvalue weighted by Gasteiger charge is -2.18. The average molecular weight is 472 g/mol. The fraction of sp³-hybridized carbons (Fsp3) is 0.0278. The lowest BCUT2D eigenvalue weighted by atomic mass is 9.85. The van der Waals surface area contributed by atoms with Gasteiger partial charge in [0.1, 0.15) is 0 Å². The van der Waals surface area contributed by atoms with Gasteiger partial charge in [-0.25, -0.2) is 0 Å². The van der Waals surface area contributed by atoms with Crippen molar-refractivity contribution in [1.29, 1.82) is 0 Å². The van der Waals surface area contributed by atoms with Crippen molar-refractivity contribution in [2.75, 3.05) is 0 Å². The minimum atomic E-state index is 1.03. The third-order valence-corrected chi connectivity index (χ3v) is 7.35. The second-order valence-electron chi connectivity index (χ2n) is 9.67. The lowest BCUT2D eigenvalue weighted by Crippen LogP contribution is -1.91. The van der Waals surface area contributed by atoms with Crippen LogP contribution in [0.25, 0.3) is 65.7 Å². The lowest BCUT2D eigenvalue weighted by molar-refractivity contribution is 1.20. The maximum Gasteiger partial charge on any atom is 0.0378 e. The van der Waals surface area contributed by atoms with Crippen LogP contribution in [-0.4, -0.2) is 4.98 Å². The van der Waals surface area contributed by atoms with Crippen LogP contribution in [0, 0.1) is 6.92 Å². The summed E-state index contributed by atoms with van der Waals surface area (Å²) in [7, 11) is 0. The third-order valence-electron chi connectivity index (χ3n) is 7.35. The molecular weight excluding hydrogens is 446 g/mol. The summed E-state index contributed by atoms with van der Waals surface area (Å²) in [5, 5.41) is 7.61. The molecule has 6 aromatic carbocycles. The van der Waals surface area contributed by atoms with Crippen molar-refractivity contribution in [3.8, 4) is 33.4 Å². The van der Waals surface area contributed by atoms with Crippen LogP contribution < -0.4 is 0 Å². The van der Waals surface area contributed by atoms with E-state index in [1.165, 1.54) is 65.7 Å². The molecule has 1 heterocycles. The number of aryl methyl sites for hydroxylation is 1. The summed E-state index contributed by atoms with van der Waals surface area (Å²) in [6.45, 7) is 2.04. The molecular formula is C36H25N. The van der Waals surface area contributed by atoms with E-state index in [-0.39, 0.29) is 0 Å². The quantitative estimate of drug-likeness (QED) is 0.234. The Balaban J connectivity index is 1.47. The Bertz CT molecular complexity index is 1880. The Labute approximate surface area is 216 Å². The maximum atomic E-state index is 4.35. The van der Waals surface area contributed by atoms with Crippen LogP contribution in [0.5, 0.6) is 0 Å². The number of hydrogen-bond acceptors (Lipinski definition) is 1. The summed E-state index contributed by atoms with van der Waals surface area (Å²) in [4.78, 5) is 4.35. The number of pyridine rings is 1. The molecule has 0 amide bonds. The Kier molecular flexibility index (Phi) is 5.08. The van der Waals surface area contributed by atoms with E-state index < -0.39 is 0 Å². The van der Waals surface area contributed by atoms with Crippen molar-refractivity contribution in [2.45, 2.75) is 6.92 Å². The standard InChI is InChI=1S/C36H25N/c1-24-21-29(19-20-37-24)27-15-16-28-23-30(18-17-26(28)22-27)36-33-13-7-5-11-31(33)35(25-9-3-2-4-10-25)32-12-6-8-14-34(32)36/h2-23H,1H3. The fourth-order valence-electron chi connectivity index (χ4n) is 5.66. The van der Waals surface area contributed by atoms with Crippen molar-refractivity contribution >= 4 is 32.3 Å². The molecule has 37 heavy (non-hydrogen) atoms. The number of aromatic nitrogens is 1. The van der Waals surface area contributed by atoms with Gasteiger partial charge in [0.2, 0.25) is 0 Å². The highest BCUT2D eigenvalue weighted by Crippen LogP contribution is 2.44. The number of rotatable bonds is 3. The normalized spacial score (nSPS) is 11.4. The van der Waals surface area contributed by atoms with Gasteiger partial charge >= 0.3 is 0 Å². The van der Waals surface area contributed by atoms with Crippen LogP contribution in [0.15, 0.2) is 134 Å². The molecule has 0 bridgehead atoms. The summed E-state index contributed by atoms with van der Waals surface area (Å²) in [5.41, 5.74) is 8.53. The first kappa shape index (κ1) is 21.5. The van der Waals surface area contributed by atoms with Crippen molar-refractivity contribution < 1.29 is 0 Å². The topological polar surface area (TPSA) is 12.9 Å². The molecule has 0 N–H and O–H groups in total. The molecule has 0 aliphatic carbocycles. The molecule has 0 spiro atoms. The maximum absolute atomic E-state index is 4.35. The van der Waals surface area contributed by atoms with Gasteiger partial charge in [0.15, 0.2) is 0 Å². The van der Waals surface area contributed by atoms with Gasteiger partial charge in [-0.15, -0.1) is 0 Å². The molecule has 1 nitrogen and oxygen atoms in total. The summed E-state index contributed by atoms with van der Waals surface area (Å²) < 4.78 is 0. The van der Waals surface area contributed by atoms with Gasteiger partial charge < -0.3 is 0 Å². The van der Waals surface area contributed by atoms with E-state index in [9.17, 15) is 0 Å². The second-order valence-corrected chi connectivity index (χ2v) is 9.67. The predicted octanol–water partition coefficient (Wildman–Crippen LogP) is 9.85. The highest BCUT2D eigenvalue weighted by atomic mass is 14.6. The van der Waals surface area contributed by atoms with Crippen LogP contribution in [0.1, 0.15) is 5.69 Å².